The summed E-state index contributed by atoms with van der Waals surface area (Å²) >= 11 is 0. The van der Waals surface area contributed by atoms with Crippen LogP contribution >= 0.6 is 0 Å². The Balaban J connectivity index is 2.69. The summed E-state index contributed by atoms with van der Waals surface area (Å²) < 4.78 is 6.56. The molecule has 0 unspecified atom stereocenters. The highest BCUT2D eigenvalue weighted by atomic mass is 16.5. The summed E-state index contributed by atoms with van der Waals surface area (Å²) in [5, 5.41) is 0. The van der Waals surface area contributed by atoms with Crippen molar-refractivity contribution in [2.45, 2.75) is 13.5 Å². The summed E-state index contributed by atoms with van der Waals surface area (Å²) in [6, 6.07) is 0. The standard InChI is InChI=1S/C10H14N2O3/c1-3-5-15-6-4-12-7-8(2)9(13)11-10(12)14/h3,7H,1,4-6H2,2H3,(H,11,13,14). The molecule has 0 saturated carbocycles. The second-order valence-corrected chi connectivity index (χ2v) is 3.13. The maximum atomic E-state index is 11.3. The number of hydrogen-bond donors (Lipinski definition) is 1. The molecule has 82 valence electrons. The molecule has 0 radical (unpaired) electrons. The zero-order valence-electron chi connectivity index (χ0n) is 8.66. The van der Waals surface area contributed by atoms with Crippen LogP contribution < -0.4 is 11.2 Å². The van der Waals surface area contributed by atoms with Gasteiger partial charge in [-0.05, 0) is 6.92 Å². The largest absolute Gasteiger partial charge is 0.376 e. The highest BCUT2D eigenvalue weighted by molar-refractivity contribution is 5.00. The first-order valence-corrected chi connectivity index (χ1v) is 4.64. The van der Waals surface area contributed by atoms with E-state index in [2.05, 4.69) is 11.6 Å². The fraction of sp³-hybridized carbons (Fsp3) is 0.400. The van der Waals surface area contributed by atoms with E-state index in [1.54, 1.807) is 13.0 Å². The van der Waals surface area contributed by atoms with Crippen molar-refractivity contribution in [3.05, 3.63) is 45.3 Å². The third-order valence-corrected chi connectivity index (χ3v) is 1.90. The van der Waals surface area contributed by atoms with E-state index < -0.39 is 5.69 Å². The molecule has 15 heavy (non-hydrogen) atoms. The Labute approximate surface area is 87.0 Å². The van der Waals surface area contributed by atoms with Crippen LogP contribution in [0.2, 0.25) is 0 Å². The van der Waals surface area contributed by atoms with Crippen molar-refractivity contribution in [3.8, 4) is 0 Å². The van der Waals surface area contributed by atoms with Gasteiger partial charge in [-0.3, -0.25) is 14.3 Å². The van der Waals surface area contributed by atoms with Crippen molar-refractivity contribution in [2.75, 3.05) is 13.2 Å². The second kappa shape index (κ2) is 5.31. The van der Waals surface area contributed by atoms with E-state index in [0.717, 1.165) is 0 Å². The summed E-state index contributed by atoms with van der Waals surface area (Å²) in [5.41, 5.74) is -0.241. The predicted octanol–water partition coefficient (Wildman–Crippen LogP) is 0.0476. The van der Waals surface area contributed by atoms with Crippen molar-refractivity contribution in [1.82, 2.24) is 9.55 Å². The Bertz CT molecular complexity index is 445. The molecule has 5 heteroatoms. The zero-order chi connectivity index (χ0) is 11.3. The highest BCUT2D eigenvalue weighted by Gasteiger charge is 1.99. The molecule has 1 heterocycles. The summed E-state index contributed by atoms with van der Waals surface area (Å²) in [5.74, 6) is 0. The van der Waals surface area contributed by atoms with E-state index in [-0.39, 0.29) is 5.56 Å². The topological polar surface area (TPSA) is 64.1 Å². The molecule has 1 rings (SSSR count). The van der Waals surface area contributed by atoms with Gasteiger partial charge in [0.1, 0.15) is 0 Å². The van der Waals surface area contributed by atoms with Crippen LogP contribution in [0.5, 0.6) is 0 Å². The molecule has 0 bridgehead atoms. The van der Waals surface area contributed by atoms with Crippen LogP contribution in [0.3, 0.4) is 0 Å². The number of aromatic amines is 1. The Hall–Kier alpha value is -1.62. The third-order valence-electron chi connectivity index (χ3n) is 1.90. The molecular formula is C10H14N2O3. The molecule has 1 aromatic heterocycles. The Kier molecular flexibility index (Phi) is 4.05. The maximum Gasteiger partial charge on any atom is 0.328 e. The predicted molar refractivity (Wildman–Crippen MR) is 57.1 cm³/mol. The molecule has 0 fully saturated rings. The van der Waals surface area contributed by atoms with Gasteiger partial charge in [-0.25, -0.2) is 4.79 Å². The molecule has 5 nitrogen and oxygen atoms in total. The van der Waals surface area contributed by atoms with Gasteiger partial charge in [0.15, 0.2) is 0 Å². The summed E-state index contributed by atoms with van der Waals surface area (Å²) in [6.07, 6.45) is 3.17. The molecule has 0 aliphatic rings. The monoisotopic (exact) mass is 210 g/mol. The summed E-state index contributed by atoms with van der Waals surface area (Å²) in [4.78, 5) is 24.6. The van der Waals surface area contributed by atoms with Crippen LogP contribution in [0, 0.1) is 6.92 Å². The summed E-state index contributed by atoms with van der Waals surface area (Å²) in [6.45, 7) is 6.45. The third kappa shape index (κ3) is 3.21. The van der Waals surface area contributed by atoms with Gasteiger partial charge >= 0.3 is 5.69 Å². The van der Waals surface area contributed by atoms with Gasteiger partial charge in [0.05, 0.1) is 19.8 Å². The fourth-order valence-corrected chi connectivity index (χ4v) is 1.11. The Morgan fingerprint density at radius 2 is 2.33 bits per heavy atom. The van der Waals surface area contributed by atoms with E-state index in [9.17, 15) is 9.59 Å². The molecule has 0 aliphatic heterocycles. The molecular weight excluding hydrogens is 196 g/mol. The van der Waals surface area contributed by atoms with Gasteiger partial charge in [-0.2, -0.15) is 0 Å². The first-order valence-electron chi connectivity index (χ1n) is 4.64. The van der Waals surface area contributed by atoms with Gasteiger partial charge in [-0.1, -0.05) is 6.08 Å². The number of aromatic nitrogens is 2. The first kappa shape index (κ1) is 11.5. The lowest BCUT2D eigenvalue weighted by atomic mass is 10.4. The molecule has 0 saturated heterocycles. The van der Waals surface area contributed by atoms with Gasteiger partial charge in [-0.15, -0.1) is 6.58 Å². The van der Waals surface area contributed by atoms with E-state index in [0.29, 0.717) is 25.3 Å². The van der Waals surface area contributed by atoms with Crippen molar-refractivity contribution in [2.24, 2.45) is 0 Å². The van der Waals surface area contributed by atoms with E-state index >= 15 is 0 Å². The normalized spacial score (nSPS) is 10.2. The SMILES string of the molecule is C=CCOCCn1cc(C)c(=O)[nH]c1=O. The number of nitrogens with one attached hydrogen (secondary N) is 1. The number of aryl methyl sites for hydroxylation is 1. The van der Waals surface area contributed by atoms with Crippen molar-refractivity contribution in [3.63, 3.8) is 0 Å². The summed E-state index contributed by atoms with van der Waals surface area (Å²) in [7, 11) is 0. The quantitative estimate of drug-likeness (QED) is 0.551. The van der Waals surface area contributed by atoms with Crippen LogP contribution in [0.15, 0.2) is 28.4 Å². The van der Waals surface area contributed by atoms with Crippen LogP contribution in [0.1, 0.15) is 5.56 Å². The molecule has 0 spiro atoms. The average molecular weight is 210 g/mol. The fourth-order valence-electron chi connectivity index (χ4n) is 1.11. The lowest BCUT2D eigenvalue weighted by Crippen LogP contribution is -2.31. The Morgan fingerprint density at radius 1 is 1.60 bits per heavy atom. The smallest absolute Gasteiger partial charge is 0.328 e. The van der Waals surface area contributed by atoms with Gasteiger partial charge < -0.3 is 4.74 Å². The van der Waals surface area contributed by atoms with Crippen molar-refractivity contribution in [1.29, 1.82) is 0 Å². The van der Waals surface area contributed by atoms with E-state index in [4.69, 9.17) is 4.74 Å². The second-order valence-electron chi connectivity index (χ2n) is 3.13. The zero-order valence-corrected chi connectivity index (χ0v) is 8.66. The minimum atomic E-state index is -0.409. The lowest BCUT2D eigenvalue weighted by Gasteiger charge is -2.05. The van der Waals surface area contributed by atoms with Crippen LogP contribution in [-0.4, -0.2) is 22.8 Å². The van der Waals surface area contributed by atoms with Gasteiger partial charge in [0.2, 0.25) is 0 Å². The number of ether oxygens (including phenoxy) is 1. The number of H-pyrrole nitrogens is 1. The minimum Gasteiger partial charge on any atom is -0.376 e. The molecule has 0 aliphatic carbocycles. The average Bonchev–Trinajstić information content (AvgIpc) is 2.20. The molecule has 0 aromatic carbocycles. The first-order chi connectivity index (χ1) is 7.15. The van der Waals surface area contributed by atoms with Crippen LogP contribution in [-0.2, 0) is 11.3 Å². The van der Waals surface area contributed by atoms with Crippen molar-refractivity contribution >= 4 is 0 Å². The lowest BCUT2D eigenvalue weighted by molar-refractivity contribution is 0.152. The highest BCUT2D eigenvalue weighted by Crippen LogP contribution is 1.85. The molecule has 0 atom stereocenters. The Morgan fingerprint density at radius 3 is 3.00 bits per heavy atom. The van der Waals surface area contributed by atoms with E-state index in [1.165, 1.54) is 10.8 Å². The molecule has 1 N–H and O–H groups in total. The molecule has 1 aromatic rings. The van der Waals surface area contributed by atoms with Gasteiger partial charge in [0.25, 0.3) is 5.56 Å². The number of rotatable bonds is 5. The van der Waals surface area contributed by atoms with E-state index in [1.807, 2.05) is 0 Å². The van der Waals surface area contributed by atoms with Crippen LogP contribution in [0.4, 0.5) is 0 Å². The minimum absolute atomic E-state index is 0.344. The van der Waals surface area contributed by atoms with Crippen LogP contribution in [0.25, 0.3) is 0 Å². The van der Waals surface area contributed by atoms with Gasteiger partial charge in [0, 0.05) is 11.8 Å². The van der Waals surface area contributed by atoms with Crippen molar-refractivity contribution < 1.29 is 4.74 Å². The number of nitrogens with zero attached hydrogens (tertiary/aromatic N) is 1. The maximum absolute atomic E-state index is 11.3. The number of hydrogen-bond acceptors (Lipinski definition) is 3. The molecule has 0 amide bonds.